The Morgan fingerprint density at radius 1 is 1.04 bits per heavy atom. The smallest absolute Gasteiger partial charge is 0.220 e. The highest BCUT2D eigenvalue weighted by Gasteiger charge is 2.05. The van der Waals surface area contributed by atoms with Crippen LogP contribution >= 0.6 is 0 Å². The van der Waals surface area contributed by atoms with E-state index in [1.165, 1.54) is 0 Å². The molecule has 25 heavy (non-hydrogen) atoms. The van der Waals surface area contributed by atoms with E-state index in [9.17, 15) is 4.79 Å². The summed E-state index contributed by atoms with van der Waals surface area (Å²) in [5.74, 6) is 0.904. The molecule has 4 nitrogen and oxygen atoms in total. The van der Waals surface area contributed by atoms with Crippen molar-refractivity contribution in [2.24, 2.45) is 0 Å². The standard InChI is InChI=1S/C21H22N2O2/c1-25-19-10-7-16(8-11-19)9-12-20(24)22-15-13-18-5-2-4-17-6-3-14-23-21(17)18/h2-8,10-11,14H,9,12-13,15H2,1H3,(H,22,24). The Balaban J connectivity index is 1.47. The Morgan fingerprint density at radius 2 is 1.84 bits per heavy atom. The van der Waals surface area contributed by atoms with Crippen molar-refractivity contribution in [2.45, 2.75) is 19.3 Å². The number of para-hydroxylation sites is 1. The molecule has 0 aliphatic rings. The van der Waals surface area contributed by atoms with Crippen molar-refractivity contribution < 1.29 is 9.53 Å². The van der Waals surface area contributed by atoms with E-state index in [1.54, 1.807) is 13.3 Å². The quantitative estimate of drug-likeness (QED) is 0.719. The minimum atomic E-state index is 0.0732. The fourth-order valence-corrected chi connectivity index (χ4v) is 2.84. The molecule has 0 saturated heterocycles. The molecule has 0 atom stereocenters. The Bertz CT molecular complexity index is 839. The van der Waals surface area contributed by atoms with Gasteiger partial charge in [-0.25, -0.2) is 0 Å². The van der Waals surface area contributed by atoms with Crippen LogP contribution < -0.4 is 10.1 Å². The first-order valence-corrected chi connectivity index (χ1v) is 8.48. The second kappa shape index (κ2) is 8.29. The SMILES string of the molecule is COc1ccc(CCC(=O)NCCc2cccc3cccnc23)cc1. The number of methoxy groups -OCH3 is 1. The van der Waals surface area contributed by atoms with Gasteiger partial charge in [-0.05, 0) is 42.2 Å². The molecular formula is C21H22N2O2. The van der Waals surface area contributed by atoms with Crippen molar-refractivity contribution in [3.63, 3.8) is 0 Å². The molecule has 0 aliphatic heterocycles. The number of rotatable bonds is 7. The van der Waals surface area contributed by atoms with Crippen molar-refractivity contribution in [2.75, 3.05) is 13.7 Å². The number of hydrogen-bond donors (Lipinski definition) is 1. The zero-order chi connectivity index (χ0) is 17.5. The second-order valence-electron chi connectivity index (χ2n) is 5.94. The van der Waals surface area contributed by atoms with Crippen LogP contribution in [0.1, 0.15) is 17.5 Å². The lowest BCUT2D eigenvalue weighted by Gasteiger charge is -2.08. The fourth-order valence-electron chi connectivity index (χ4n) is 2.84. The molecule has 1 heterocycles. The van der Waals surface area contributed by atoms with Crippen LogP contribution in [0.5, 0.6) is 5.75 Å². The van der Waals surface area contributed by atoms with E-state index in [-0.39, 0.29) is 5.91 Å². The highest BCUT2D eigenvalue weighted by atomic mass is 16.5. The third kappa shape index (κ3) is 4.57. The summed E-state index contributed by atoms with van der Waals surface area (Å²) < 4.78 is 5.14. The summed E-state index contributed by atoms with van der Waals surface area (Å²) in [5, 5.41) is 4.13. The van der Waals surface area contributed by atoms with Gasteiger partial charge in [-0.3, -0.25) is 9.78 Å². The average Bonchev–Trinajstić information content (AvgIpc) is 2.67. The highest BCUT2D eigenvalue weighted by Crippen LogP contribution is 2.16. The topological polar surface area (TPSA) is 51.2 Å². The largest absolute Gasteiger partial charge is 0.497 e. The summed E-state index contributed by atoms with van der Waals surface area (Å²) in [4.78, 5) is 16.5. The van der Waals surface area contributed by atoms with Gasteiger partial charge in [-0.2, -0.15) is 0 Å². The van der Waals surface area contributed by atoms with E-state index >= 15 is 0 Å². The zero-order valence-electron chi connectivity index (χ0n) is 14.4. The van der Waals surface area contributed by atoms with Crippen molar-refractivity contribution >= 4 is 16.8 Å². The summed E-state index contributed by atoms with van der Waals surface area (Å²) in [6.45, 7) is 0.622. The molecule has 128 valence electrons. The van der Waals surface area contributed by atoms with Crippen LogP contribution in [-0.4, -0.2) is 24.5 Å². The molecule has 0 aliphatic carbocycles. The first-order valence-electron chi connectivity index (χ1n) is 8.48. The monoisotopic (exact) mass is 334 g/mol. The summed E-state index contributed by atoms with van der Waals surface area (Å²) in [6, 6.07) is 18.0. The van der Waals surface area contributed by atoms with Gasteiger partial charge in [-0.1, -0.05) is 36.4 Å². The number of amides is 1. The fraction of sp³-hybridized carbons (Fsp3) is 0.238. The Hall–Kier alpha value is -2.88. The van der Waals surface area contributed by atoms with E-state index in [0.29, 0.717) is 13.0 Å². The minimum absolute atomic E-state index is 0.0732. The molecule has 0 spiro atoms. The van der Waals surface area contributed by atoms with Gasteiger partial charge in [0.2, 0.25) is 5.91 Å². The lowest BCUT2D eigenvalue weighted by molar-refractivity contribution is -0.121. The van der Waals surface area contributed by atoms with Crippen LogP contribution in [0.15, 0.2) is 60.8 Å². The van der Waals surface area contributed by atoms with E-state index in [1.807, 2.05) is 36.4 Å². The Labute approximate surface area is 147 Å². The van der Waals surface area contributed by atoms with Gasteiger partial charge in [0.15, 0.2) is 0 Å². The molecule has 0 bridgehead atoms. The number of carbonyl (C=O) groups is 1. The van der Waals surface area contributed by atoms with Crippen LogP contribution in [0.3, 0.4) is 0 Å². The van der Waals surface area contributed by atoms with E-state index in [0.717, 1.165) is 40.6 Å². The molecule has 1 N–H and O–H groups in total. The summed E-state index contributed by atoms with van der Waals surface area (Å²) in [7, 11) is 1.65. The lowest BCUT2D eigenvalue weighted by Crippen LogP contribution is -2.25. The normalized spacial score (nSPS) is 10.6. The van der Waals surface area contributed by atoms with Gasteiger partial charge >= 0.3 is 0 Å². The van der Waals surface area contributed by atoms with Crippen molar-refractivity contribution in [1.82, 2.24) is 10.3 Å². The molecule has 3 aromatic rings. The molecule has 2 aromatic carbocycles. The summed E-state index contributed by atoms with van der Waals surface area (Å²) >= 11 is 0. The van der Waals surface area contributed by atoms with Crippen LogP contribution in [0.25, 0.3) is 10.9 Å². The van der Waals surface area contributed by atoms with Crippen LogP contribution in [-0.2, 0) is 17.6 Å². The number of hydrogen-bond acceptors (Lipinski definition) is 3. The first-order chi connectivity index (χ1) is 12.3. The molecule has 0 saturated carbocycles. The van der Waals surface area contributed by atoms with E-state index < -0.39 is 0 Å². The molecule has 3 rings (SSSR count). The number of carbonyl (C=O) groups excluding carboxylic acids is 1. The number of nitrogens with zero attached hydrogens (tertiary/aromatic N) is 1. The van der Waals surface area contributed by atoms with Crippen LogP contribution in [0, 0.1) is 0 Å². The lowest BCUT2D eigenvalue weighted by atomic mass is 10.1. The predicted molar refractivity (Wildman–Crippen MR) is 99.8 cm³/mol. The van der Waals surface area contributed by atoms with Crippen molar-refractivity contribution in [3.8, 4) is 5.75 Å². The van der Waals surface area contributed by atoms with E-state index in [4.69, 9.17) is 4.74 Å². The number of benzene rings is 2. The van der Waals surface area contributed by atoms with Gasteiger partial charge < -0.3 is 10.1 Å². The molecule has 0 unspecified atom stereocenters. The molecule has 0 radical (unpaired) electrons. The van der Waals surface area contributed by atoms with Crippen molar-refractivity contribution in [3.05, 3.63) is 71.9 Å². The van der Waals surface area contributed by atoms with Gasteiger partial charge in [-0.15, -0.1) is 0 Å². The number of pyridine rings is 1. The first kappa shape index (κ1) is 17.0. The maximum absolute atomic E-state index is 12.0. The molecule has 1 aromatic heterocycles. The number of aryl methyl sites for hydroxylation is 1. The van der Waals surface area contributed by atoms with Gasteiger partial charge in [0.05, 0.1) is 12.6 Å². The molecule has 0 fully saturated rings. The predicted octanol–water partition coefficient (Wildman–Crippen LogP) is 3.53. The summed E-state index contributed by atoms with van der Waals surface area (Å²) in [5.41, 5.74) is 3.31. The third-order valence-electron chi connectivity index (χ3n) is 4.23. The summed E-state index contributed by atoms with van der Waals surface area (Å²) in [6.07, 6.45) is 3.80. The second-order valence-corrected chi connectivity index (χ2v) is 5.94. The van der Waals surface area contributed by atoms with Crippen LogP contribution in [0.4, 0.5) is 0 Å². The van der Waals surface area contributed by atoms with Gasteiger partial charge in [0.1, 0.15) is 5.75 Å². The number of fused-ring (bicyclic) bond motifs is 1. The minimum Gasteiger partial charge on any atom is -0.497 e. The molecule has 4 heteroatoms. The van der Waals surface area contributed by atoms with Crippen molar-refractivity contribution in [1.29, 1.82) is 0 Å². The van der Waals surface area contributed by atoms with Gasteiger partial charge in [0, 0.05) is 24.5 Å². The maximum atomic E-state index is 12.0. The number of nitrogens with one attached hydrogen (secondary N) is 1. The molecule has 1 amide bonds. The zero-order valence-corrected chi connectivity index (χ0v) is 14.4. The highest BCUT2D eigenvalue weighted by molar-refractivity contribution is 5.81. The Kier molecular flexibility index (Phi) is 5.62. The number of aromatic nitrogens is 1. The number of ether oxygens (including phenoxy) is 1. The molecular weight excluding hydrogens is 312 g/mol. The third-order valence-corrected chi connectivity index (χ3v) is 4.23. The Morgan fingerprint density at radius 3 is 2.64 bits per heavy atom. The van der Waals surface area contributed by atoms with Crippen LogP contribution in [0.2, 0.25) is 0 Å². The average molecular weight is 334 g/mol. The van der Waals surface area contributed by atoms with E-state index in [2.05, 4.69) is 28.5 Å². The maximum Gasteiger partial charge on any atom is 0.220 e. The van der Waals surface area contributed by atoms with Gasteiger partial charge in [0.25, 0.3) is 0 Å².